The van der Waals surface area contributed by atoms with Crippen LogP contribution in [-0.4, -0.2) is 31.9 Å². The van der Waals surface area contributed by atoms with E-state index >= 15 is 0 Å². The third-order valence-corrected chi connectivity index (χ3v) is 6.73. The largest absolute Gasteiger partial charge is 0.326 e. The van der Waals surface area contributed by atoms with Crippen LogP contribution < -0.4 is 10.6 Å². The summed E-state index contributed by atoms with van der Waals surface area (Å²) in [6.45, 7) is 3.55. The van der Waals surface area contributed by atoms with Crippen molar-refractivity contribution in [1.29, 1.82) is 0 Å². The molecule has 2 aliphatic rings. The summed E-state index contributed by atoms with van der Waals surface area (Å²) in [6, 6.07) is 4.06. The van der Waals surface area contributed by atoms with Crippen LogP contribution in [-0.2, 0) is 19.4 Å². The highest BCUT2D eigenvalue weighted by Crippen LogP contribution is 2.47. The monoisotopic (exact) mass is 386 g/mol. The quantitative estimate of drug-likeness (QED) is 0.818. The van der Waals surface area contributed by atoms with Gasteiger partial charge < -0.3 is 10.6 Å². The molecule has 9 heteroatoms. The number of anilines is 2. The Hall–Kier alpha value is -2.03. The normalized spacial score (nSPS) is 25.7. The second-order valence-corrected chi connectivity index (χ2v) is 9.57. The fourth-order valence-electron chi connectivity index (χ4n) is 3.43. The number of carbonyl (C=O) groups is 2. The summed E-state index contributed by atoms with van der Waals surface area (Å²) < 4.78 is 51.8. The Morgan fingerprint density at radius 3 is 2.65 bits per heavy atom. The number of carbonyl (C=O) groups excluding carboxylic acids is 2. The van der Waals surface area contributed by atoms with E-state index < -0.39 is 51.1 Å². The summed E-state index contributed by atoms with van der Waals surface area (Å²) in [5, 5.41) is 5.01. The van der Waals surface area contributed by atoms with Gasteiger partial charge in [0.05, 0.1) is 10.6 Å². The van der Waals surface area contributed by atoms with Gasteiger partial charge in [-0.1, -0.05) is 13.8 Å². The molecule has 0 saturated heterocycles. The fraction of sp³-hybridized carbons (Fsp3) is 0.529. The Kier molecular flexibility index (Phi) is 4.33. The molecule has 2 N–H and O–H groups in total. The van der Waals surface area contributed by atoms with Crippen molar-refractivity contribution in [2.45, 2.75) is 43.9 Å². The van der Waals surface area contributed by atoms with Crippen molar-refractivity contribution in [1.82, 2.24) is 0 Å². The number of benzene rings is 1. The lowest BCUT2D eigenvalue weighted by atomic mass is 9.67. The molecule has 1 heterocycles. The number of hydrogen-bond acceptors (Lipinski definition) is 4. The van der Waals surface area contributed by atoms with Crippen molar-refractivity contribution >= 4 is 33.0 Å². The third-order valence-electron chi connectivity index (χ3n) is 5.08. The number of rotatable bonds is 2. The zero-order chi connectivity index (χ0) is 19.3. The molecule has 1 fully saturated rings. The third kappa shape index (κ3) is 3.58. The van der Waals surface area contributed by atoms with E-state index in [4.69, 9.17) is 0 Å². The molecule has 0 aromatic heterocycles. The van der Waals surface area contributed by atoms with Gasteiger partial charge in [0.25, 0.3) is 0 Å². The lowest BCUT2D eigenvalue weighted by Gasteiger charge is -2.41. The van der Waals surface area contributed by atoms with Crippen LogP contribution in [0.25, 0.3) is 0 Å². The van der Waals surface area contributed by atoms with Crippen LogP contribution in [0.3, 0.4) is 0 Å². The Morgan fingerprint density at radius 2 is 1.96 bits per heavy atom. The molecule has 0 radical (unpaired) electrons. The van der Waals surface area contributed by atoms with Crippen LogP contribution in [0, 0.1) is 11.3 Å². The first kappa shape index (κ1) is 18.8. The average Bonchev–Trinajstić information content (AvgIpc) is 2.50. The Morgan fingerprint density at radius 1 is 1.27 bits per heavy atom. The van der Waals surface area contributed by atoms with Crippen molar-refractivity contribution in [3.8, 4) is 0 Å². The molecule has 1 atom stereocenters. The topological polar surface area (TPSA) is 92.3 Å². The summed E-state index contributed by atoms with van der Waals surface area (Å²) in [6.07, 6.45) is -0.561. The SMILES string of the molecule is CC1(C)CCC(F)(F)CC1C(=O)Nc1ccc2c(c1)S(=O)(=O)CC(=O)N2. The standard InChI is InChI=1S/C17H20F2N2O4S/c1-16(2)5-6-17(18,19)8-11(16)15(23)20-10-3-4-12-13(7-10)26(24,25)9-14(22)21-12/h3-4,7,11H,5-6,8-9H2,1-2H3,(H,20,23)(H,21,22). The summed E-state index contributed by atoms with van der Waals surface area (Å²) in [4.78, 5) is 23.9. The van der Waals surface area contributed by atoms with Gasteiger partial charge in [-0.25, -0.2) is 17.2 Å². The smallest absolute Gasteiger partial charge is 0.249 e. The summed E-state index contributed by atoms with van der Waals surface area (Å²) in [5.41, 5.74) is -0.248. The number of fused-ring (bicyclic) bond motifs is 1. The van der Waals surface area contributed by atoms with Crippen molar-refractivity contribution in [2.24, 2.45) is 11.3 Å². The van der Waals surface area contributed by atoms with Crippen LogP contribution in [0.5, 0.6) is 0 Å². The molecule has 1 aromatic carbocycles. The second kappa shape index (κ2) is 6.00. The van der Waals surface area contributed by atoms with E-state index in [2.05, 4.69) is 10.6 Å². The first-order valence-corrected chi connectivity index (χ1v) is 9.90. The van der Waals surface area contributed by atoms with Crippen molar-refractivity contribution in [3.05, 3.63) is 18.2 Å². The van der Waals surface area contributed by atoms with Gasteiger partial charge in [0, 0.05) is 24.4 Å². The molecular weight excluding hydrogens is 366 g/mol. The van der Waals surface area contributed by atoms with Crippen LogP contribution in [0.4, 0.5) is 20.2 Å². The molecule has 2 amide bonds. The minimum Gasteiger partial charge on any atom is -0.326 e. The van der Waals surface area contributed by atoms with Gasteiger partial charge in [0.2, 0.25) is 17.7 Å². The lowest BCUT2D eigenvalue weighted by Crippen LogP contribution is -2.44. The van der Waals surface area contributed by atoms with Crippen LogP contribution in [0.15, 0.2) is 23.1 Å². The van der Waals surface area contributed by atoms with Crippen molar-refractivity contribution < 1.29 is 26.8 Å². The first-order chi connectivity index (χ1) is 11.9. The second-order valence-electron chi connectivity index (χ2n) is 7.61. The van der Waals surface area contributed by atoms with E-state index in [1.807, 2.05) is 0 Å². The highest BCUT2D eigenvalue weighted by Gasteiger charge is 2.48. The molecule has 142 valence electrons. The van der Waals surface area contributed by atoms with E-state index in [1.165, 1.54) is 18.2 Å². The Balaban J connectivity index is 1.85. The van der Waals surface area contributed by atoms with E-state index in [0.717, 1.165) is 0 Å². The average molecular weight is 386 g/mol. The first-order valence-electron chi connectivity index (χ1n) is 8.25. The number of hydrogen-bond donors (Lipinski definition) is 2. The number of nitrogens with one attached hydrogen (secondary N) is 2. The van der Waals surface area contributed by atoms with Crippen LogP contribution >= 0.6 is 0 Å². The number of sulfone groups is 1. The molecule has 1 aromatic rings. The van der Waals surface area contributed by atoms with E-state index in [1.54, 1.807) is 13.8 Å². The predicted molar refractivity (Wildman–Crippen MR) is 91.8 cm³/mol. The van der Waals surface area contributed by atoms with Crippen LogP contribution in [0.1, 0.15) is 33.1 Å². The molecule has 1 unspecified atom stereocenters. The maximum atomic E-state index is 13.8. The molecule has 26 heavy (non-hydrogen) atoms. The molecule has 1 aliphatic carbocycles. The minimum atomic E-state index is -3.80. The van der Waals surface area contributed by atoms with Gasteiger partial charge in [-0.3, -0.25) is 9.59 Å². The van der Waals surface area contributed by atoms with Gasteiger partial charge in [-0.05, 0) is 30.0 Å². The Labute approximate surface area is 150 Å². The Bertz CT molecular complexity index is 881. The van der Waals surface area contributed by atoms with Crippen molar-refractivity contribution in [3.63, 3.8) is 0 Å². The van der Waals surface area contributed by atoms with Gasteiger partial charge >= 0.3 is 0 Å². The zero-order valence-electron chi connectivity index (χ0n) is 14.4. The lowest BCUT2D eigenvalue weighted by molar-refractivity contribution is -0.137. The van der Waals surface area contributed by atoms with Gasteiger partial charge in [-0.2, -0.15) is 0 Å². The van der Waals surface area contributed by atoms with E-state index in [-0.39, 0.29) is 29.1 Å². The highest BCUT2D eigenvalue weighted by atomic mass is 32.2. The molecule has 1 saturated carbocycles. The fourth-order valence-corrected chi connectivity index (χ4v) is 4.76. The van der Waals surface area contributed by atoms with Gasteiger partial charge in [0.15, 0.2) is 9.84 Å². The highest BCUT2D eigenvalue weighted by molar-refractivity contribution is 7.92. The van der Waals surface area contributed by atoms with Crippen LogP contribution in [0.2, 0.25) is 0 Å². The molecule has 6 nitrogen and oxygen atoms in total. The summed E-state index contributed by atoms with van der Waals surface area (Å²) >= 11 is 0. The number of amides is 2. The number of alkyl halides is 2. The zero-order valence-corrected chi connectivity index (χ0v) is 15.3. The van der Waals surface area contributed by atoms with E-state index in [9.17, 15) is 26.8 Å². The molecule has 0 bridgehead atoms. The maximum absolute atomic E-state index is 13.8. The van der Waals surface area contributed by atoms with Gasteiger partial charge in [-0.15, -0.1) is 0 Å². The number of halogens is 2. The minimum absolute atomic E-state index is 0.0943. The molecule has 1 aliphatic heterocycles. The molecule has 3 rings (SSSR count). The molecular formula is C17H20F2N2O4S. The van der Waals surface area contributed by atoms with Crippen molar-refractivity contribution in [2.75, 3.05) is 16.4 Å². The molecule has 0 spiro atoms. The predicted octanol–water partition coefficient (Wildman–Crippen LogP) is 2.81. The van der Waals surface area contributed by atoms with E-state index in [0.29, 0.717) is 0 Å². The summed E-state index contributed by atoms with van der Waals surface area (Å²) in [5.74, 6) is -5.63. The summed E-state index contributed by atoms with van der Waals surface area (Å²) in [7, 11) is -3.80. The van der Waals surface area contributed by atoms with Gasteiger partial charge in [0.1, 0.15) is 5.75 Å². The maximum Gasteiger partial charge on any atom is 0.249 e.